The minimum Gasteiger partial charge on any atom is -0.336 e. The third-order valence-corrected chi connectivity index (χ3v) is 4.83. The molecule has 1 heterocycles. The van der Waals surface area contributed by atoms with E-state index in [0.29, 0.717) is 6.54 Å². The van der Waals surface area contributed by atoms with Crippen LogP contribution >= 0.6 is 0 Å². The van der Waals surface area contributed by atoms with Crippen molar-refractivity contribution in [1.29, 1.82) is 0 Å². The van der Waals surface area contributed by atoms with Crippen LogP contribution < -0.4 is 5.32 Å². The molecule has 0 aliphatic carbocycles. The summed E-state index contributed by atoms with van der Waals surface area (Å²) in [6.45, 7) is 5.62. The Labute approximate surface area is 103 Å². The zero-order valence-corrected chi connectivity index (χ0v) is 11.5. The van der Waals surface area contributed by atoms with E-state index in [1.807, 2.05) is 6.92 Å². The van der Waals surface area contributed by atoms with Crippen LogP contribution in [0.15, 0.2) is 0 Å². The maximum Gasteiger partial charge on any atom is 0.238 e. The number of nitrogens with zero attached hydrogens (tertiary/aromatic N) is 2. The monoisotopic (exact) mass is 263 g/mol. The lowest BCUT2D eigenvalue weighted by Crippen LogP contribution is -2.54. The summed E-state index contributed by atoms with van der Waals surface area (Å²) in [5.74, 6) is -0.105. The molecule has 0 aromatic heterocycles. The van der Waals surface area contributed by atoms with E-state index in [2.05, 4.69) is 5.32 Å². The fourth-order valence-electron chi connectivity index (χ4n) is 1.81. The zero-order valence-electron chi connectivity index (χ0n) is 10.6. The SMILES string of the molecule is CCS(=O)(=O)N(C)CC(=O)N1CCNCC1C. The van der Waals surface area contributed by atoms with Crippen LogP contribution in [0.4, 0.5) is 0 Å². The van der Waals surface area contributed by atoms with Gasteiger partial charge in [0.2, 0.25) is 15.9 Å². The van der Waals surface area contributed by atoms with E-state index < -0.39 is 10.0 Å². The van der Waals surface area contributed by atoms with Crippen molar-refractivity contribution >= 4 is 15.9 Å². The van der Waals surface area contributed by atoms with Crippen LogP contribution in [-0.4, -0.2) is 68.6 Å². The van der Waals surface area contributed by atoms with Gasteiger partial charge in [-0.05, 0) is 13.8 Å². The normalized spacial score (nSPS) is 21.9. The zero-order chi connectivity index (χ0) is 13.1. The van der Waals surface area contributed by atoms with Crippen LogP contribution in [0.2, 0.25) is 0 Å². The topological polar surface area (TPSA) is 69.7 Å². The molecule has 1 fully saturated rings. The van der Waals surface area contributed by atoms with Crippen molar-refractivity contribution in [2.24, 2.45) is 0 Å². The van der Waals surface area contributed by atoms with E-state index in [9.17, 15) is 13.2 Å². The molecule has 1 atom stereocenters. The fourth-order valence-corrected chi connectivity index (χ4v) is 2.56. The van der Waals surface area contributed by atoms with E-state index in [4.69, 9.17) is 0 Å². The lowest BCUT2D eigenvalue weighted by molar-refractivity contribution is -0.133. The highest BCUT2D eigenvalue weighted by Gasteiger charge is 2.26. The molecule has 7 heteroatoms. The minimum absolute atomic E-state index is 0.0217. The van der Waals surface area contributed by atoms with Gasteiger partial charge in [-0.2, -0.15) is 4.31 Å². The third-order valence-electron chi connectivity index (χ3n) is 3.02. The van der Waals surface area contributed by atoms with Crippen molar-refractivity contribution in [2.45, 2.75) is 19.9 Å². The predicted molar refractivity (Wildman–Crippen MR) is 66.1 cm³/mol. The largest absolute Gasteiger partial charge is 0.336 e. The van der Waals surface area contributed by atoms with Gasteiger partial charge >= 0.3 is 0 Å². The number of rotatable bonds is 4. The van der Waals surface area contributed by atoms with E-state index in [-0.39, 0.29) is 24.2 Å². The van der Waals surface area contributed by atoms with Crippen molar-refractivity contribution in [1.82, 2.24) is 14.5 Å². The number of piperazine rings is 1. The van der Waals surface area contributed by atoms with Crippen LogP contribution in [0.3, 0.4) is 0 Å². The molecule has 1 aliphatic heterocycles. The molecular formula is C10H21N3O3S. The molecule has 1 unspecified atom stereocenters. The van der Waals surface area contributed by atoms with Crippen molar-refractivity contribution < 1.29 is 13.2 Å². The molecule has 0 radical (unpaired) electrons. The summed E-state index contributed by atoms with van der Waals surface area (Å²) in [6.07, 6.45) is 0. The van der Waals surface area contributed by atoms with Crippen LogP contribution in [0.1, 0.15) is 13.8 Å². The second kappa shape index (κ2) is 5.79. The molecular weight excluding hydrogens is 242 g/mol. The number of nitrogens with one attached hydrogen (secondary N) is 1. The molecule has 100 valence electrons. The van der Waals surface area contributed by atoms with Crippen LogP contribution in [0.25, 0.3) is 0 Å². The second-order valence-electron chi connectivity index (χ2n) is 4.30. The highest BCUT2D eigenvalue weighted by Crippen LogP contribution is 2.05. The van der Waals surface area contributed by atoms with E-state index in [0.717, 1.165) is 17.4 Å². The maximum atomic E-state index is 12.0. The first-order chi connectivity index (χ1) is 7.88. The van der Waals surface area contributed by atoms with Crippen LogP contribution in [0.5, 0.6) is 0 Å². The summed E-state index contributed by atoms with van der Waals surface area (Å²) in [5.41, 5.74) is 0. The number of amides is 1. The molecule has 17 heavy (non-hydrogen) atoms. The molecule has 6 nitrogen and oxygen atoms in total. The van der Waals surface area contributed by atoms with Crippen LogP contribution in [-0.2, 0) is 14.8 Å². The first-order valence-electron chi connectivity index (χ1n) is 5.82. The van der Waals surface area contributed by atoms with Crippen LogP contribution in [0, 0.1) is 0 Å². The van der Waals surface area contributed by atoms with E-state index >= 15 is 0 Å². The Bertz CT molecular complexity index is 369. The van der Waals surface area contributed by atoms with Gasteiger partial charge in [0, 0.05) is 32.7 Å². The number of hydrogen-bond acceptors (Lipinski definition) is 4. The summed E-state index contributed by atoms with van der Waals surface area (Å²) in [4.78, 5) is 13.7. The number of hydrogen-bond donors (Lipinski definition) is 1. The lowest BCUT2D eigenvalue weighted by atomic mass is 10.2. The predicted octanol–water partition coefficient (Wildman–Crippen LogP) is -0.912. The first kappa shape index (κ1) is 14.4. The van der Waals surface area contributed by atoms with Gasteiger partial charge in [0.05, 0.1) is 12.3 Å². The van der Waals surface area contributed by atoms with Gasteiger partial charge in [-0.1, -0.05) is 0 Å². The van der Waals surface area contributed by atoms with Crippen molar-refractivity contribution in [3.8, 4) is 0 Å². The standard InChI is InChI=1S/C10H21N3O3S/c1-4-17(15,16)12(3)8-10(14)13-6-5-11-7-9(13)2/h9,11H,4-8H2,1-3H3. The average Bonchev–Trinajstić information content (AvgIpc) is 2.29. The lowest BCUT2D eigenvalue weighted by Gasteiger charge is -2.34. The van der Waals surface area contributed by atoms with Gasteiger partial charge in [-0.3, -0.25) is 4.79 Å². The van der Waals surface area contributed by atoms with E-state index in [1.165, 1.54) is 7.05 Å². The molecule has 1 rings (SSSR count). The molecule has 0 spiro atoms. The van der Waals surface area contributed by atoms with Gasteiger partial charge in [-0.25, -0.2) is 8.42 Å². The molecule has 0 aromatic rings. The Morgan fingerprint density at radius 3 is 2.71 bits per heavy atom. The molecule has 0 bridgehead atoms. The van der Waals surface area contributed by atoms with Gasteiger partial charge in [-0.15, -0.1) is 0 Å². The molecule has 0 saturated carbocycles. The summed E-state index contributed by atoms with van der Waals surface area (Å²) in [5, 5.41) is 3.19. The first-order valence-corrected chi connectivity index (χ1v) is 7.43. The summed E-state index contributed by atoms with van der Waals surface area (Å²) >= 11 is 0. The summed E-state index contributed by atoms with van der Waals surface area (Å²) < 4.78 is 24.2. The molecule has 1 saturated heterocycles. The van der Waals surface area contributed by atoms with Crippen molar-refractivity contribution in [2.75, 3.05) is 39.0 Å². The summed E-state index contributed by atoms with van der Waals surface area (Å²) in [6, 6.07) is 0.119. The van der Waals surface area contributed by atoms with Gasteiger partial charge in [0.25, 0.3) is 0 Å². The number of likely N-dealkylation sites (N-methyl/N-ethyl adjacent to an activating group) is 1. The number of carbonyl (C=O) groups is 1. The highest BCUT2D eigenvalue weighted by atomic mass is 32.2. The summed E-state index contributed by atoms with van der Waals surface area (Å²) in [7, 11) is -1.83. The van der Waals surface area contributed by atoms with E-state index in [1.54, 1.807) is 11.8 Å². The quantitative estimate of drug-likeness (QED) is 0.713. The average molecular weight is 263 g/mol. The smallest absolute Gasteiger partial charge is 0.238 e. The minimum atomic E-state index is -3.28. The van der Waals surface area contributed by atoms with Gasteiger partial charge in [0.1, 0.15) is 0 Å². The highest BCUT2D eigenvalue weighted by molar-refractivity contribution is 7.89. The molecule has 1 aliphatic rings. The molecule has 0 aromatic carbocycles. The fraction of sp³-hybridized carbons (Fsp3) is 0.900. The number of carbonyl (C=O) groups excluding carboxylic acids is 1. The Balaban J connectivity index is 2.60. The Morgan fingerprint density at radius 2 is 2.18 bits per heavy atom. The molecule has 1 N–H and O–H groups in total. The number of sulfonamides is 1. The Hall–Kier alpha value is -0.660. The van der Waals surface area contributed by atoms with Gasteiger partial charge < -0.3 is 10.2 Å². The third kappa shape index (κ3) is 3.65. The van der Waals surface area contributed by atoms with Crippen molar-refractivity contribution in [3.63, 3.8) is 0 Å². The Kier molecular flexibility index (Phi) is 4.91. The Morgan fingerprint density at radius 1 is 1.53 bits per heavy atom. The maximum absolute atomic E-state index is 12.0. The second-order valence-corrected chi connectivity index (χ2v) is 6.66. The van der Waals surface area contributed by atoms with Gasteiger partial charge in [0.15, 0.2) is 0 Å². The van der Waals surface area contributed by atoms with Crippen molar-refractivity contribution in [3.05, 3.63) is 0 Å². The molecule has 1 amide bonds.